The molecule has 0 spiro atoms. The topological polar surface area (TPSA) is 67.8 Å². The molecule has 0 aliphatic carbocycles. The first-order chi connectivity index (χ1) is 7.72. The molecule has 2 heterocycles. The zero-order chi connectivity index (χ0) is 11.5. The molecule has 16 heavy (non-hydrogen) atoms. The lowest BCUT2D eigenvalue weighted by Crippen LogP contribution is -2.19. The van der Waals surface area contributed by atoms with Gasteiger partial charge in [-0.15, -0.1) is 0 Å². The average Bonchev–Trinajstić information content (AvgIpc) is 2.96. The lowest BCUT2D eigenvalue weighted by Gasteiger charge is -2.15. The Hall–Kier alpha value is -1.55. The third-order valence-electron chi connectivity index (χ3n) is 3.00. The van der Waals surface area contributed by atoms with E-state index in [4.69, 9.17) is 10.2 Å². The van der Waals surface area contributed by atoms with Gasteiger partial charge in [0.15, 0.2) is 0 Å². The Kier molecular flexibility index (Phi) is 3.10. The fraction of sp³-hybridized carbons (Fsp3) is 0.417. The number of H-pyrrole nitrogens is 1. The van der Waals surface area contributed by atoms with Gasteiger partial charge < -0.3 is 15.1 Å². The molecule has 2 aromatic heterocycles. The minimum atomic E-state index is -0.0364. The van der Waals surface area contributed by atoms with Crippen LogP contribution < -0.4 is 5.73 Å². The maximum absolute atomic E-state index is 6.10. The maximum atomic E-state index is 6.10. The predicted molar refractivity (Wildman–Crippen MR) is 62.7 cm³/mol. The number of hydrogen-bond donors (Lipinski definition) is 2. The lowest BCUT2D eigenvalue weighted by atomic mass is 10.00. The Morgan fingerprint density at radius 2 is 2.38 bits per heavy atom. The predicted octanol–water partition coefficient (Wildman–Crippen LogP) is 2.72. The van der Waals surface area contributed by atoms with Crippen LogP contribution >= 0.6 is 0 Å². The number of nitrogens with zero attached hydrogens (tertiary/aromatic N) is 1. The first-order valence-corrected chi connectivity index (χ1v) is 5.55. The van der Waals surface area contributed by atoms with Gasteiger partial charge in [0.05, 0.1) is 30.5 Å². The summed E-state index contributed by atoms with van der Waals surface area (Å²) in [6.07, 6.45) is 6.17. The molecular formula is C12H17N3O. The summed E-state index contributed by atoms with van der Waals surface area (Å²) in [4.78, 5) is 7.55. The molecule has 0 bridgehead atoms. The largest absolute Gasteiger partial charge is 0.472 e. The molecule has 2 aromatic rings. The first kappa shape index (κ1) is 11.0. The van der Waals surface area contributed by atoms with Gasteiger partial charge in [-0.2, -0.15) is 0 Å². The molecule has 86 valence electrons. The van der Waals surface area contributed by atoms with Gasteiger partial charge in [-0.1, -0.05) is 20.3 Å². The standard InChI is InChI=1S/C12H17N3O/c1-3-8(2)11(13)12-14-6-10(15-12)9-4-5-16-7-9/h4-8,11H,3,13H2,1-2H3,(H,14,15). The Balaban J connectivity index is 2.20. The van der Waals surface area contributed by atoms with Crippen molar-refractivity contribution in [2.24, 2.45) is 11.7 Å². The number of rotatable bonds is 4. The van der Waals surface area contributed by atoms with Crippen molar-refractivity contribution in [2.45, 2.75) is 26.3 Å². The molecule has 2 unspecified atom stereocenters. The number of imidazole rings is 1. The highest BCUT2D eigenvalue weighted by atomic mass is 16.3. The number of aromatic amines is 1. The Labute approximate surface area is 94.9 Å². The number of nitrogens with one attached hydrogen (secondary N) is 1. The van der Waals surface area contributed by atoms with Crippen molar-refractivity contribution in [2.75, 3.05) is 0 Å². The SMILES string of the molecule is CCC(C)C(N)c1ncc(-c2ccoc2)[nH]1. The quantitative estimate of drug-likeness (QED) is 0.830. The van der Waals surface area contributed by atoms with E-state index in [1.165, 1.54) is 0 Å². The molecule has 0 radical (unpaired) electrons. The fourth-order valence-electron chi connectivity index (χ4n) is 1.59. The summed E-state index contributed by atoms with van der Waals surface area (Å²) in [7, 11) is 0. The highest BCUT2D eigenvalue weighted by Crippen LogP contribution is 2.23. The fourth-order valence-corrected chi connectivity index (χ4v) is 1.59. The van der Waals surface area contributed by atoms with Crippen molar-refractivity contribution >= 4 is 0 Å². The molecule has 2 rings (SSSR count). The summed E-state index contributed by atoms with van der Waals surface area (Å²) in [5, 5.41) is 0. The molecule has 0 aliphatic heterocycles. The van der Waals surface area contributed by atoms with E-state index in [2.05, 4.69) is 23.8 Å². The molecule has 2 atom stereocenters. The van der Waals surface area contributed by atoms with Gasteiger partial charge in [-0.05, 0) is 12.0 Å². The molecule has 0 saturated heterocycles. The lowest BCUT2D eigenvalue weighted by molar-refractivity contribution is 0.441. The number of furan rings is 1. The normalized spacial score (nSPS) is 14.9. The number of hydrogen-bond acceptors (Lipinski definition) is 3. The average molecular weight is 219 g/mol. The van der Waals surface area contributed by atoms with Gasteiger partial charge in [-0.3, -0.25) is 0 Å². The van der Waals surface area contributed by atoms with Gasteiger partial charge in [-0.25, -0.2) is 4.98 Å². The van der Waals surface area contributed by atoms with Crippen molar-refractivity contribution in [1.29, 1.82) is 0 Å². The van der Waals surface area contributed by atoms with E-state index in [1.54, 1.807) is 18.7 Å². The van der Waals surface area contributed by atoms with Gasteiger partial charge in [0.25, 0.3) is 0 Å². The van der Waals surface area contributed by atoms with E-state index in [0.29, 0.717) is 5.92 Å². The van der Waals surface area contributed by atoms with Crippen LogP contribution in [-0.4, -0.2) is 9.97 Å². The van der Waals surface area contributed by atoms with Gasteiger partial charge in [0.1, 0.15) is 5.82 Å². The minimum absolute atomic E-state index is 0.0364. The molecular weight excluding hydrogens is 202 g/mol. The van der Waals surface area contributed by atoms with Crippen LogP contribution in [0.1, 0.15) is 32.1 Å². The first-order valence-electron chi connectivity index (χ1n) is 5.55. The monoisotopic (exact) mass is 219 g/mol. The van der Waals surface area contributed by atoms with E-state index in [1.807, 2.05) is 6.07 Å². The van der Waals surface area contributed by atoms with Crippen LogP contribution in [0.25, 0.3) is 11.3 Å². The molecule has 0 fully saturated rings. The van der Waals surface area contributed by atoms with Crippen LogP contribution in [0.15, 0.2) is 29.2 Å². The van der Waals surface area contributed by atoms with Gasteiger partial charge in [0, 0.05) is 5.56 Å². The summed E-state index contributed by atoms with van der Waals surface area (Å²) in [5.74, 6) is 1.26. The maximum Gasteiger partial charge on any atom is 0.123 e. The molecule has 4 nitrogen and oxygen atoms in total. The highest BCUT2D eigenvalue weighted by molar-refractivity contribution is 5.56. The van der Waals surface area contributed by atoms with Gasteiger partial charge in [0.2, 0.25) is 0 Å². The van der Waals surface area contributed by atoms with E-state index in [-0.39, 0.29) is 6.04 Å². The second-order valence-corrected chi connectivity index (χ2v) is 4.11. The minimum Gasteiger partial charge on any atom is -0.472 e. The van der Waals surface area contributed by atoms with Crippen molar-refractivity contribution < 1.29 is 4.42 Å². The smallest absolute Gasteiger partial charge is 0.123 e. The number of nitrogens with two attached hydrogens (primary N) is 1. The summed E-state index contributed by atoms with van der Waals surface area (Å²) in [6.45, 7) is 4.26. The summed E-state index contributed by atoms with van der Waals surface area (Å²) >= 11 is 0. The van der Waals surface area contributed by atoms with Crippen molar-refractivity contribution in [3.05, 3.63) is 30.6 Å². The zero-order valence-corrected chi connectivity index (χ0v) is 9.60. The highest BCUT2D eigenvalue weighted by Gasteiger charge is 2.16. The third kappa shape index (κ3) is 2.02. The molecule has 0 aliphatic rings. The van der Waals surface area contributed by atoms with Crippen LogP contribution in [0, 0.1) is 5.92 Å². The van der Waals surface area contributed by atoms with Crippen molar-refractivity contribution in [3.63, 3.8) is 0 Å². The molecule has 4 heteroatoms. The summed E-state index contributed by atoms with van der Waals surface area (Å²) in [6, 6.07) is 1.86. The second-order valence-electron chi connectivity index (χ2n) is 4.11. The van der Waals surface area contributed by atoms with Crippen LogP contribution in [0.2, 0.25) is 0 Å². The Bertz CT molecular complexity index is 433. The summed E-state index contributed by atoms with van der Waals surface area (Å²) < 4.78 is 5.03. The van der Waals surface area contributed by atoms with Crippen LogP contribution in [0.4, 0.5) is 0 Å². The van der Waals surface area contributed by atoms with E-state index in [9.17, 15) is 0 Å². The van der Waals surface area contributed by atoms with Gasteiger partial charge >= 0.3 is 0 Å². The summed E-state index contributed by atoms with van der Waals surface area (Å²) in [5.41, 5.74) is 8.04. The van der Waals surface area contributed by atoms with Crippen LogP contribution in [0.5, 0.6) is 0 Å². The molecule has 0 saturated carbocycles. The third-order valence-corrected chi connectivity index (χ3v) is 3.00. The van der Waals surface area contributed by atoms with Crippen molar-refractivity contribution in [3.8, 4) is 11.3 Å². The molecule has 3 N–H and O–H groups in total. The number of aromatic nitrogens is 2. The Morgan fingerprint density at radius 3 is 3.00 bits per heavy atom. The van der Waals surface area contributed by atoms with Crippen LogP contribution in [0.3, 0.4) is 0 Å². The second kappa shape index (κ2) is 4.53. The van der Waals surface area contributed by atoms with E-state index >= 15 is 0 Å². The molecule has 0 amide bonds. The Morgan fingerprint density at radius 1 is 1.56 bits per heavy atom. The van der Waals surface area contributed by atoms with E-state index < -0.39 is 0 Å². The van der Waals surface area contributed by atoms with Crippen LogP contribution in [-0.2, 0) is 0 Å². The van der Waals surface area contributed by atoms with Crippen molar-refractivity contribution in [1.82, 2.24) is 9.97 Å². The van der Waals surface area contributed by atoms with E-state index in [0.717, 1.165) is 23.5 Å². The zero-order valence-electron chi connectivity index (χ0n) is 9.60. The molecule has 0 aromatic carbocycles.